The maximum Gasteiger partial charge on any atom is 0.152 e. The third kappa shape index (κ3) is 5.62. The summed E-state index contributed by atoms with van der Waals surface area (Å²) < 4.78 is 0. The Labute approximate surface area is 115 Å². The lowest BCUT2D eigenvalue weighted by atomic mass is 9.90. The second-order valence-corrected chi connectivity index (χ2v) is 5.65. The van der Waals surface area contributed by atoms with Gasteiger partial charge in [-0.1, -0.05) is 26.8 Å². The fourth-order valence-electron chi connectivity index (χ4n) is 1.61. The minimum absolute atomic E-state index is 0.189. The molecule has 0 aliphatic heterocycles. The molecule has 0 saturated heterocycles. The Kier molecular flexibility index (Phi) is 5.65. The minimum atomic E-state index is -0.347. The van der Waals surface area contributed by atoms with Crippen LogP contribution in [0.3, 0.4) is 0 Å². The molecule has 102 valence electrons. The van der Waals surface area contributed by atoms with Crippen molar-refractivity contribution < 1.29 is 4.79 Å². The highest BCUT2D eigenvalue weighted by Crippen LogP contribution is 2.16. The number of nitrogens with zero attached hydrogens (tertiary/aromatic N) is 3. The van der Waals surface area contributed by atoms with Crippen molar-refractivity contribution >= 4 is 5.78 Å². The third-order valence-electron chi connectivity index (χ3n) is 2.87. The quantitative estimate of drug-likeness (QED) is 0.787. The van der Waals surface area contributed by atoms with Gasteiger partial charge in [-0.25, -0.2) is 0 Å². The second-order valence-electron chi connectivity index (χ2n) is 5.65. The van der Waals surface area contributed by atoms with Crippen LogP contribution in [0.15, 0.2) is 24.5 Å². The van der Waals surface area contributed by atoms with Crippen LogP contribution >= 0.6 is 0 Å². The Morgan fingerprint density at radius 3 is 2.74 bits per heavy atom. The normalized spacial score (nSPS) is 11.3. The monoisotopic (exact) mass is 259 g/mol. The van der Waals surface area contributed by atoms with Gasteiger partial charge in [0, 0.05) is 37.3 Å². The molecule has 0 aromatic carbocycles. The number of ketones is 1. The second kappa shape index (κ2) is 7.01. The Bertz CT molecular complexity index is 443. The summed E-state index contributed by atoms with van der Waals surface area (Å²) in [6, 6.07) is 5.99. The molecule has 0 fully saturated rings. The van der Waals surface area contributed by atoms with Gasteiger partial charge in [0.15, 0.2) is 5.78 Å². The van der Waals surface area contributed by atoms with Crippen LogP contribution in [0.25, 0.3) is 0 Å². The van der Waals surface area contributed by atoms with Crippen molar-refractivity contribution in [2.75, 3.05) is 13.1 Å². The van der Waals surface area contributed by atoms with E-state index in [0.29, 0.717) is 26.1 Å². The number of pyridine rings is 1. The SMILES string of the molecule is CC(C)(C)C(=O)CN(CCC#N)Cc1cccnc1. The van der Waals surface area contributed by atoms with Crippen LogP contribution < -0.4 is 0 Å². The molecule has 0 N–H and O–H groups in total. The molecular weight excluding hydrogens is 238 g/mol. The van der Waals surface area contributed by atoms with Crippen LogP contribution in [0.2, 0.25) is 0 Å². The van der Waals surface area contributed by atoms with Crippen LogP contribution in [0.1, 0.15) is 32.8 Å². The molecule has 1 heterocycles. The van der Waals surface area contributed by atoms with E-state index in [1.54, 1.807) is 12.4 Å². The average molecular weight is 259 g/mol. The zero-order valence-electron chi connectivity index (χ0n) is 11.9. The summed E-state index contributed by atoms with van der Waals surface area (Å²) in [6.45, 7) is 7.39. The topological polar surface area (TPSA) is 57.0 Å². The van der Waals surface area contributed by atoms with Gasteiger partial charge in [0.25, 0.3) is 0 Å². The standard InChI is InChI=1S/C15H21N3O/c1-15(2,3)14(19)12-18(9-5-7-16)11-13-6-4-8-17-10-13/h4,6,8,10H,5,9,11-12H2,1-3H3. The maximum atomic E-state index is 12.1. The van der Waals surface area contributed by atoms with E-state index in [1.165, 1.54) is 0 Å². The summed E-state index contributed by atoms with van der Waals surface area (Å²) in [4.78, 5) is 18.2. The van der Waals surface area contributed by atoms with Crippen molar-refractivity contribution in [2.45, 2.75) is 33.7 Å². The summed E-state index contributed by atoms with van der Waals surface area (Å²) >= 11 is 0. The van der Waals surface area contributed by atoms with Gasteiger partial charge in [0.1, 0.15) is 0 Å². The molecule has 1 aromatic rings. The zero-order chi connectivity index (χ0) is 14.3. The lowest BCUT2D eigenvalue weighted by Crippen LogP contribution is -2.36. The summed E-state index contributed by atoms with van der Waals surface area (Å²) in [5.41, 5.74) is 0.710. The number of hydrogen-bond donors (Lipinski definition) is 0. The van der Waals surface area contributed by atoms with Gasteiger partial charge in [0.05, 0.1) is 12.6 Å². The Morgan fingerprint density at radius 2 is 2.21 bits per heavy atom. The number of carbonyl (C=O) groups excluding carboxylic acids is 1. The number of Topliss-reactive ketones (excluding diaryl/α,β-unsaturated/α-hetero) is 1. The summed E-state index contributed by atoms with van der Waals surface area (Å²) in [7, 11) is 0. The van der Waals surface area contributed by atoms with E-state index < -0.39 is 0 Å². The van der Waals surface area contributed by atoms with Crippen molar-refractivity contribution in [2.24, 2.45) is 5.41 Å². The molecule has 0 unspecified atom stereocenters. The smallest absolute Gasteiger partial charge is 0.152 e. The van der Waals surface area contributed by atoms with E-state index in [4.69, 9.17) is 5.26 Å². The molecule has 1 aromatic heterocycles. The first kappa shape index (κ1) is 15.3. The third-order valence-corrected chi connectivity index (χ3v) is 2.87. The minimum Gasteiger partial charge on any atom is -0.298 e. The zero-order valence-corrected chi connectivity index (χ0v) is 11.9. The van der Waals surface area contributed by atoms with E-state index in [-0.39, 0.29) is 11.2 Å². The number of hydrogen-bond acceptors (Lipinski definition) is 4. The first-order valence-electron chi connectivity index (χ1n) is 6.45. The molecule has 4 heteroatoms. The predicted octanol–water partition coefficient (Wildman–Crippen LogP) is 2.41. The Balaban J connectivity index is 2.67. The highest BCUT2D eigenvalue weighted by molar-refractivity contribution is 5.85. The van der Waals surface area contributed by atoms with Gasteiger partial charge in [-0.05, 0) is 11.6 Å². The predicted molar refractivity (Wildman–Crippen MR) is 74.2 cm³/mol. The van der Waals surface area contributed by atoms with Gasteiger partial charge in [-0.3, -0.25) is 14.7 Å². The van der Waals surface area contributed by atoms with E-state index in [9.17, 15) is 4.79 Å². The molecule has 4 nitrogen and oxygen atoms in total. The highest BCUT2D eigenvalue weighted by atomic mass is 16.1. The number of aromatic nitrogens is 1. The van der Waals surface area contributed by atoms with Gasteiger partial charge >= 0.3 is 0 Å². The van der Waals surface area contributed by atoms with Crippen LogP contribution in [-0.4, -0.2) is 28.8 Å². The van der Waals surface area contributed by atoms with E-state index >= 15 is 0 Å². The molecular formula is C15H21N3O. The summed E-state index contributed by atoms with van der Waals surface area (Å²) in [5.74, 6) is 0.189. The molecule has 0 bridgehead atoms. The Morgan fingerprint density at radius 1 is 1.47 bits per heavy atom. The van der Waals surface area contributed by atoms with E-state index in [2.05, 4.69) is 11.1 Å². The fraction of sp³-hybridized carbons (Fsp3) is 0.533. The number of nitriles is 1. The van der Waals surface area contributed by atoms with Crippen LogP contribution in [-0.2, 0) is 11.3 Å². The van der Waals surface area contributed by atoms with Crippen molar-refractivity contribution in [1.29, 1.82) is 5.26 Å². The molecule has 0 radical (unpaired) electrons. The molecule has 0 aliphatic rings. The molecule has 0 amide bonds. The molecule has 0 spiro atoms. The summed E-state index contributed by atoms with van der Waals surface area (Å²) in [6.07, 6.45) is 3.95. The lowest BCUT2D eigenvalue weighted by molar-refractivity contribution is -0.127. The molecule has 0 atom stereocenters. The van der Waals surface area contributed by atoms with Crippen LogP contribution in [0.4, 0.5) is 0 Å². The van der Waals surface area contributed by atoms with Crippen molar-refractivity contribution in [1.82, 2.24) is 9.88 Å². The van der Waals surface area contributed by atoms with Crippen LogP contribution in [0.5, 0.6) is 0 Å². The van der Waals surface area contributed by atoms with Gasteiger partial charge in [-0.2, -0.15) is 5.26 Å². The highest BCUT2D eigenvalue weighted by Gasteiger charge is 2.23. The average Bonchev–Trinajstić information content (AvgIpc) is 2.36. The largest absolute Gasteiger partial charge is 0.298 e. The summed E-state index contributed by atoms with van der Waals surface area (Å²) in [5, 5.41) is 8.70. The van der Waals surface area contributed by atoms with Crippen molar-refractivity contribution in [3.05, 3.63) is 30.1 Å². The van der Waals surface area contributed by atoms with Crippen molar-refractivity contribution in [3.8, 4) is 6.07 Å². The number of carbonyl (C=O) groups is 1. The van der Waals surface area contributed by atoms with Crippen LogP contribution in [0, 0.1) is 16.7 Å². The first-order chi connectivity index (χ1) is 8.93. The maximum absolute atomic E-state index is 12.1. The van der Waals surface area contributed by atoms with Gasteiger partial charge in [0.2, 0.25) is 0 Å². The lowest BCUT2D eigenvalue weighted by Gasteiger charge is -2.25. The molecule has 1 rings (SSSR count). The van der Waals surface area contributed by atoms with Gasteiger partial charge in [-0.15, -0.1) is 0 Å². The first-order valence-corrected chi connectivity index (χ1v) is 6.45. The van der Waals surface area contributed by atoms with E-state index in [1.807, 2.05) is 37.8 Å². The van der Waals surface area contributed by atoms with Crippen molar-refractivity contribution in [3.63, 3.8) is 0 Å². The van der Waals surface area contributed by atoms with Gasteiger partial charge < -0.3 is 0 Å². The fourth-order valence-corrected chi connectivity index (χ4v) is 1.61. The molecule has 0 saturated carbocycles. The number of rotatable bonds is 6. The van der Waals surface area contributed by atoms with E-state index in [0.717, 1.165) is 5.56 Å². The molecule has 0 aliphatic carbocycles. The molecule has 19 heavy (non-hydrogen) atoms. The Hall–Kier alpha value is -1.73.